The smallest absolute Gasteiger partial charge is 0.333 e. The van der Waals surface area contributed by atoms with Gasteiger partial charge in [-0.2, -0.15) is 26.9 Å². The molecule has 0 bridgehead atoms. The zero-order valence-electron chi connectivity index (χ0n) is 21.0. The van der Waals surface area contributed by atoms with Gasteiger partial charge >= 0.3 is 10.3 Å². The Kier molecular flexibility index (Phi) is 8.43. The molecule has 0 spiro atoms. The SMILES string of the molecule is Nc1nc(/C(=N/OCCF)C(=O)N[C@@H]2C(=O)N3C(C(=O)[O-])=C(Cn4cc5scc(CNS(=O)(=O)O)[n+]5c4)CS[C@H]23)ns1. The summed E-state index contributed by atoms with van der Waals surface area (Å²) < 4.78 is 52.7. The highest BCUT2D eigenvalue weighted by Gasteiger charge is 2.53. The van der Waals surface area contributed by atoms with Gasteiger partial charge in [-0.05, 0) is 0 Å². The van der Waals surface area contributed by atoms with E-state index in [4.69, 9.17) is 15.1 Å². The number of oxime groups is 1. The lowest BCUT2D eigenvalue weighted by Crippen LogP contribution is -2.71. The Morgan fingerprint density at radius 2 is 2.19 bits per heavy atom. The van der Waals surface area contributed by atoms with Crippen LogP contribution in [0.4, 0.5) is 9.52 Å². The molecule has 2 aliphatic rings. The number of aromatic nitrogens is 4. The van der Waals surface area contributed by atoms with E-state index in [1.165, 1.54) is 23.1 Å². The van der Waals surface area contributed by atoms with Crippen molar-refractivity contribution < 1.29 is 46.1 Å². The standard InChI is InChI=1S/C20H20FN9O8S4/c21-1-2-38-26-12(15-25-20(22)41-27-15)16(31)24-13-17(32)30-14(19(33)34)9(6-40-18(13)30)4-28-5-11-29(8-28)10(7-39-11)3-23-42(35,36)37/h5,7-8,13,18,23H,1-4,6H2,(H4-,22,24,25,27,31,33,34,35,36,37)/b26-12-/t13-,18-/m1/s1. The minimum atomic E-state index is -4.40. The number of thioether (sulfide) groups is 1. The maximum atomic E-state index is 13.1. The number of carbonyl (C=O) groups is 3. The summed E-state index contributed by atoms with van der Waals surface area (Å²) in [4.78, 5) is 48.6. The number of alkyl halides is 1. The molecule has 0 aromatic carbocycles. The Hall–Kier alpha value is -3.70. The molecule has 17 nitrogen and oxygen atoms in total. The van der Waals surface area contributed by atoms with Gasteiger partial charge in [-0.15, -0.1) is 11.8 Å². The molecular formula is C20H20FN9O8S4. The molecule has 2 aliphatic heterocycles. The molecule has 1 fully saturated rings. The number of β-lactam (4-membered cyclic amide) rings is 1. The molecule has 5 rings (SSSR count). The molecule has 3 aromatic rings. The molecule has 2 amide bonds. The zero-order valence-corrected chi connectivity index (χ0v) is 24.3. The number of aliphatic carboxylic acids is 1. The highest BCUT2D eigenvalue weighted by molar-refractivity contribution is 8.00. The molecule has 5 N–H and O–H groups in total. The second kappa shape index (κ2) is 11.9. The first kappa shape index (κ1) is 29.8. The highest BCUT2D eigenvalue weighted by atomic mass is 32.2. The summed E-state index contributed by atoms with van der Waals surface area (Å²) in [5.41, 5.74) is 5.72. The molecule has 224 valence electrons. The van der Waals surface area contributed by atoms with Gasteiger partial charge in [0.15, 0.2) is 5.13 Å². The second-order valence-electron chi connectivity index (χ2n) is 8.67. The lowest BCUT2D eigenvalue weighted by Gasteiger charge is -2.50. The van der Waals surface area contributed by atoms with Crippen LogP contribution in [0.3, 0.4) is 0 Å². The van der Waals surface area contributed by atoms with E-state index in [1.807, 2.05) is 4.72 Å². The van der Waals surface area contributed by atoms with E-state index in [0.717, 1.165) is 16.4 Å². The molecule has 42 heavy (non-hydrogen) atoms. The number of halogens is 1. The van der Waals surface area contributed by atoms with Crippen molar-refractivity contribution in [2.45, 2.75) is 24.5 Å². The van der Waals surface area contributed by atoms with Gasteiger partial charge in [0.05, 0.1) is 18.2 Å². The third kappa shape index (κ3) is 6.07. The molecule has 5 heterocycles. The van der Waals surface area contributed by atoms with E-state index >= 15 is 0 Å². The molecule has 0 aliphatic carbocycles. The van der Waals surface area contributed by atoms with Crippen LogP contribution in [-0.4, -0.2) is 85.7 Å². The molecule has 22 heteroatoms. The Morgan fingerprint density at radius 3 is 2.86 bits per heavy atom. The number of nitrogens with two attached hydrogens (primary N) is 1. The molecule has 0 unspecified atom stereocenters. The van der Waals surface area contributed by atoms with Crippen molar-refractivity contribution in [1.82, 2.24) is 28.9 Å². The number of nitrogen functional groups attached to an aromatic ring is 1. The van der Waals surface area contributed by atoms with Gasteiger partial charge in [-0.3, -0.25) is 19.0 Å². The van der Waals surface area contributed by atoms with E-state index in [-0.39, 0.29) is 35.5 Å². The number of hydrogen-bond acceptors (Lipinski definition) is 14. The lowest BCUT2D eigenvalue weighted by atomic mass is 10.0. The largest absolute Gasteiger partial charge is 0.543 e. The summed E-state index contributed by atoms with van der Waals surface area (Å²) in [6, 6.07) is -1.12. The topological polar surface area (TPSA) is 238 Å². The van der Waals surface area contributed by atoms with E-state index < -0.39 is 58.5 Å². The number of nitrogens with one attached hydrogen (secondary N) is 2. The van der Waals surface area contributed by atoms with E-state index in [1.54, 1.807) is 26.9 Å². The van der Waals surface area contributed by atoms with Gasteiger partial charge < -0.3 is 25.8 Å². The molecular weight excluding hydrogens is 642 g/mol. The Labute approximate surface area is 247 Å². The first-order valence-corrected chi connectivity index (χ1v) is 15.8. The summed E-state index contributed by atoms with van der Waals surface area (Å²) in [6.07, 6.45) is 3.33. The van der Waals surface area contributed by atoms with Crippen LogP contribution in [0.5, 0.6) is 0 Å². The Balaban J connectivity index is 1.32. The van der Waals surface area contributed by atoms with E-state index in [9.17, 15) is 32.3 Å². The molecule has 0 radical (unpaired) electrons. The number of carboxylic acid groups (broad SMARTS) is 1. The van der Waals surface area contributed by atoms with Crippen LogP contribution in [0.25, 0.3) is 4.83 Å². The van der Waals surface area contributed by atoms with E-state index in [0.29, 0.717) is 16.1 Å². The summed E-state index contributed by atoms with van der Waals surface area (Å²) in [5, 5.41) is 19.2. The van der Waals surface area contributed by atoms with Gasteiger partial charge in [0.25, 0.3) is 11.8 Å². The molecule has 1 saturated heterocycles. The first-order valence-electron chi connectivity index (χ1n) is 11.7. The molecule has 3 aromatic heterocycles. The average molecular weight is 662 g/mol. The van der Waals surface area contributed by atoms with Crippen molar-refractivity contribution in [2.24, 2.45) is 5.16 Å². The number of imidazole rings is 1. The minimum absolute atomic E-state index is 0.0351. The highest BCUT2D eigenvalue weighted by Crippen LogP contribution is 2.40. The maximum Gasteiger partial charge on any atom is 0.333 e. The van der Waals surface area contributed by atoms with Crippen molar-refractivity contribution in [1.29, 1.82) is 0 Å². The van der Waals surface area contributed by atoms with Crippen LogP contribution >= 0.6 is 34.6 Å². The fraction of sp³-hybridized carbons (Fsp3) is 0.350. The normalized spacial score (nSPS) is 19.1. The Bertz CT molecular complexity index is 1730. The summed E-state index contributed by atoms with van der Waals surface area (Å²) in [6.45, 7) is -1.41. The van der Waals surface area contributed by atoms with Crippen LogP contribution in [0.2, 0.25) is 0 Å². The summed E-state index contributed by atoms with van der Waals surface area (Å²) in [5.74, 6) is -3.18. The van der Waals surface area contributed by atoms with Gasteiger partial charge in [0.1, 0.15) is 43.1 Å². The fourth-order valence-electron chi connectivity index (χ4n) is 4.19. The minimum Gasteiger partial charge on any atom is -0.543 e. The number of amides is 2. The predicted molar refractivity (Wildman–Crippen MR) is 144 cm³/mol. The second-order valence-corrected chi connectivity index (χ2v) is 12.7. The third-order valence-electron chi connectivity index (χ3n) is 5.93. The fourth-order valence-corrected chi connectivity index (χ4v) is 7.22. The van der Waals surface area contributed by atoms with Gasteiger partial charge in [0, 0.05) is 28.2 Å². The van der Waals surface area contributed by atoms with Crippen LogP contribution in [-0.2, 0) is 42.6 Å². The van der Waals surface area contributed by atoms with Crippen LogP contribution in [0, 0.1) is 0 Å². The zero-order chi connectivity index (χ0) is 30.2. The number of carboxylic acids is 1. The first-order chi connectivity index (χ1) is 20.0. The van der Waals surface area contributed by atoms with Gasteiger partial charge in [-0.25, -0.2) is 8.96 Å². The van der Waals surface area contributed by atoms with Crippen molar-refractivity contribution in [3.05, 3.63) is 40.7 Å². The van der Waals surface area contributed by atoms with Crippen LogP contribution in [0.1, 0.15) is 11.5 Å². The van der Waals surface area contributed by atoms with Crippen molar-refractivity contribution >= 4 is 78.4 Å². The third-order valence-corrected chi connectivity index (χ3v) is 9.26. The Morgan fingerprint density at radius 1 is 1.40 bits per heavy atom. The van der Waals surface area contributed by atoms with Crippen molar-refractivity contribution in [2.75, 3.05) is 24.8 Å². The number of anilines is 1. The van der Waals surface area contributed by atoms with Gasteiger partial charge in [-0.1, -0.05) is 16.5 Å². The number of thiazole rings is 1. The summed E-state index contributed by atoms with van der Waals surface area (Å²) >= 11 is 3.31. The predicted octanol–water partition coefficient (Wildman–Crippen LogP) is -2.59. The maximum absolute atomic E-state index is 13.1. The average Bonchev–Trinajstić information content (AvgIpc) is 3.63. The van der Waals surface area contributed by atoms with Crippen LogP contribution < -0.4 is 25.3 Å². The number of nitrogens with zero attached hydrogens (tertiary/aromatic N) is 6. The number of fused-ring (bicyclic) bond motifs is 2. The lowest BCUT2D eigenvalue weighted by molar-refractivity contribution is -0.518. The molecule has 2 atom stereocenters. The van der Waals surface area contributed by atoms with Crippen molar-refractivity contribution in [3.8, 4) is 0 Å². The monoisotopic (exact) mass is 661 g/mol. The van der Waals surface area contributed by atoms with Gasteiger partial charge in [0.2, 0.25) is 22.7 Å². The molecule has 0 saturated carbocycles. The number of hydrogen-bond donors (Lipinski definition) is 4. The van der Waals surface area contributed by atoms with Crippen molar-refractivity contribution in [3.63, 3.8) is 0 Å². The summed E-state index contributed by atoms with van der Waals surface area (Å²) in [7, 11) is -4.40. The number of carbonyl (C=O) groups excluding carboxylic acids is 3. The van der Waals surface area contributed by atoms with Crippen LogP contribution in [0.15, 0.2) is 34.3 Å². The van der Waals surface area contributed by atoms with E-state index in [2.05, 4.69) is 19.8 Å². The quantitative estimate of drug-likeness (QED) is 0.0391. The number of rotatable bonds is 12.